The van der Waals surface area contributed by atoms with Crippen LogP contribution in [0, 0.1) is 6.92 Å². The lowest BCUT2D eigenvalue weighted by Crippen LogP contribution is -1.89. The molecule has 0 spiro atoms. The maximum atomic E-state index is 11.1. The number of hydrogen-bond acceptors (Lipinski definition) is 3. The van der Waals surface area contributed by atoms with E-state index < -0.39 is 0 Å². The van der Waals surface area contributed by atoms with Gasteiger partial charge >= 0.3 is 0 Å². The molecule has 1 aromatic heterocycles. The van der Waals surface area contributed by atoms with Crippen molar-refractivity contribution >= 4 is 6.08 Å². The molecule has 1 heterocycles. The van der Waals surface area contributed by atoms with Gasteiger partial charge in [-0.15, -0.1) is 0 Å². The molecule has 3 nitrogen and oxygen atoms in total. The highest BCUT2D eigenvalue weighted by Crippen LogP contribution is 2.22. The summed E-state index contributed by atoms with van der Waals surface area (Å²) in [6.45, 7) is 1.75. The summed E-state index contributed by atoms with van der Waals surface area (Å²) >= 11 is 0. The van der Waals surface area contributed by atoms with E-state index in [0.717, 1.165) is 5.57 Å². The Hall–Kier alpha value is -1.77. The van der Waals surface area contributed by atoms with Crippen molar-refractivity contribution in [1.82, 2.24) is 5.16 Å². The third kappa shape index (κ3) is 1.40. The molecular formula is C10H8NO2-. The van der Waals surface area contributed by atoms with Crippen molar-refractivity contribution in [2.45, 2.75) is 6.92 Å². The number of allylic oxidation sites excluding steroid dienone is 5. The van der Waals surface area contributed by atoms with Gasteiger partial charge in [-0.25, -0.2) is 0 Å². The normalized spacial score (nSPS) is 14.1. The molecule has 2 rings (SSSR count). The van der Waals surface area contributed by atoms with Crippen molar-refractivity contribution in [2.24, 2.45) is 0 Å². The summed E-state index contributed by atoms with van der Waals surface area (Å²) in [5.74, 6) is -0.376. The summed E-state index contributed by atoms with van der Waals surface area (Å²) in [5.41, 5.74) is 2.15. The topological polar surface area (TPSA) is 49.1 Å². The smallest absolute Gasteiger partial charge is 0.0843 e. The zero-order chi connectivity index (χ0) is 9.26. The molecule has 0 saturated heterocycles. The summed E-state index contributed by atoms with van der Waals surface area (Å²) in [6.07, 6.45) is 9.45. The fourth-order valence-corrected chi connectivity index (χ4v) is 1.17. The lowest BCUT2D eigenvalue weighted by molar-refractivity contribution is -0.297. The van der Waals surface area contributed by atoms with Crippen LogP contribution in [-0.4, -0.2) is 5.16 Å². The third-order valence-corrected chi connectivity index (χ3v) is 1.87. The van der Waals surface area contributed by atoms with E-state index in [9.17, 15) is 5.11 Å². The average Bonchev–Trinajstić information content (AvgIpc) is 2.70. The summed E-state index contributed by atoms with van der Waals surface area (Å²) in [6, 6.07) is 0. The Morgan fingerprint density at radius 2 is 2.08 bits per heavy atom. The first-order chi connectivity index (χ1) is 6.27. The van der Waals surface area contributed by atoms with Crippen LogP contribution in [0.3, 0.4) is 0 Å². The van der Waals surface area contributed by atoms with Gasteiger partial charge in [0.1, 0.15) is 0 Å². The van der Waals surface area contributed by atoms with Gasteiger partial charge in [-0.2, -0.15) is 5.16 Å². The molecule has 0 atom stereocenters. The zero-order valence-corrected chi connectivity index (χ0v) is 7.15. The first-order valence-corrected chi connectivity index (χ1v) is 3.97. The molecule has 0 bridgehead atoms. The largest absolute Gasteiger partial charge is 0.544 e. The van der Waals surface area contributed by atoms with Crippen molar-refractivity contribution in [1.29, 1.82) is 0 Å². The predicted molar refractivity (Wildman–Crippen MR) is 46.9 cm³/mol. The number of rotatable bonds is 1. The van der Waals surface area contributed by atoms with Crippen LogP contribution < -0.4 is 5.11 Å². The van der Waals surface area contributed by atoms with Crippen LogP contribution in [0.2, 0.25) is 0 Å². The van der Waals surface area contributed by atoms with Crippen LogP contribution >= 0.6 is 0 Å². The van der Waals surface area contributed by atoms with Crippen molar-refractivity contribution < 1.29 is 9.63 Å². The Labute approximate surface area is 75.7 Å². The molecular weight excluding hydrogens is 166 g/mol. The molecule has 3 heteroatoms. The molecule has 0 unspecified atom stereocenters. The molecule has 13 heavy (non-hydrogen) atoms. The lowest BCUT2D eigenvalue weighted by Gasteiger charge is -1.96. The van der Waals surface area contributed by atoms with Crippen LogP contribution in [0.5, 0.6) is 5.95 Å². The monoisotopic (exact) mass is 174 g/mol. The quantitative estimate of drug-likeness (QED) is 0.649. The Kier molecular flexibility index (Phi) is 1.77. The molecule has 66 valence electrons. The maximum absolute atomic E-state index is 11.1. The number of nitrogens with zero attached hydrogens (tertiary/aromatic N) is 1. The van der Waals surface area contributed by atoms with Gasteiger partial charge in [-0.05, 0) is 18.6 Å². The Bertz CT molecular complexity index is 377. The molecule has 0 saturated carbocycles. The molecule has 0 aliphatic heterocycles. The fourth-order valence-electron chi connectivity index (χ4n) is 1.17. The van der Waals surface area contributed by atoms with E-state index in [4.69, 9.17) is 0 Å². The number of aryl methyl sites for hydroxylation is 1. The van der Waals surface area contributed by atoms with Gasteiger partial charge in [0.15, 0.2) is 0 Å². The average molecular weight is 174 g/mol. The van der Waals surface area contributed by atoms with E-state index in [1.807, 2.05) is 24.3 Å². The highest BCUT2D eigenvalue weighted by Gasteiger charge is 2.01. The Balaban J connectivity index is 2.41. The van der Waals surface area contributed by atoms with Crippen LogP contribution in [0.15, 0.2) is 34.4 Å². The number of hydrogen-bond donors (Lipinski definition) is 0. The van der Waals surface area contributed by atoms with Gasteiger partial charge in [-0.1, -0.05) is 24.3 Å². The molecule has 0 amide bonds. The zero-order valence-electron chi connectivity index (χ0n) is 7.15. The van der Waals surface area contributed by atoms with Gasteiger partial charge in [0.05, 0.1) is 11.6 Å². The fraction of sp³-hybridized carbons (Fsp3) is 0.100. The Morgan fingerprint density at radius 3 is 2.62 bits per heavy atom. The van der Waals surface area contributed by atoms with E-state index in [1.54, 1.807) is 13.0 Å². The second-order valence-electron chi connectivity index (χ2n) is 2.83. The van der Waals surface area contributed by atoms with Gasteiger partial charge < -0.3 is 9.63 Å². The SMILES string of the molecule is Cc1noc([O-])c1C=C1C=CC=C1. The van der Waals surface area contributed by atoms with E-state index in [-0.39, 0.29) is 5.95 Å². The molecule has 0 radical (unpaired) electrons. The minimum atomic E-state index is -0.376. The van der Waals surface area contributed by atoms with Gasteiger partial charge in [0.2, 0.25) is 0 Å². The summed E-state index contributed by atoms with van der Waals surface area (Å²) in [4.78, 5) is 0. The first-order valence-electron chi connectivity index (χ1n) is 3.97. The Morgan fingerprint density at radius 1 is 1.38 bits per heavy atom. The van der Waals surface area contributed by atoms with Crippen molar-refractivity contribution in [3.63, 3.8) is 0 Å². The molecule has 1 aliphatic rings. The standard InChI is InChI=1S/C10H9NO2/c1-7-9(10(12)13-11-7)6-8-4-2-3-5-8/h2-6,12H,1H3/p-1. The summed E-state index contributed by atoms with van der Waals surface area (Å²) in [7, 11) is 0. The summed E-state index contributed by atoms with van der Waals surface area (Å²) < 4.78 is 4.51. The predicted octanol–water partition coefficient (Wildman–Crippen LogP) is 1.57. The van der Waals surface area contributed by atoms with Crippen LogP contribution in [-0.2, 0) is 0 Å². The van der Waals surface area contributed by atoms with E-state index in [0.29, 0.717) is 11.3 Å². The van der Waals surface area contributed by atoms with Crippen LogP contribution in [0.25, 0.3) is 6.08 Å². The van der Waals surface area contributed by atoms with Gasteiger partial charge in [-0.3, -0.25) is 0 Å². The van der Waals surface area contributed by atoms with E-state index in [1.165, 1.54) is 0 Å². The summed E-state index contributed by atoms with van der Waals surface area (Å²) in [5, 5.41) is 14.7. The van der Waals surface area contributed by atoms with E-state index >= 15 is 0 Å². The van der Waals surface area contributed by atoms with E-state index in [2.05, 4.69) is 9.68 Å². The van der Waals surface area contributed by atoms with Crippen molar-refractivity contribution in [3.8, 4) is 5.95 Å². The minimum Gasteiger partial charge on any atom is -0.544 e. The maximum Gasteiger partial charge on any atom is 0.0843 e. The minimum absolute atomic E-state index is 0.376. The van der Waals surface area contributed by atoms with Gasteiger partial charge in [0, 0.05) is 5.56 Å². The molecule has 0 fully saturated rings. The van der Waals surface area contributed by atoms with Gasteiger partial charge in [0.25, 0.3) is 0 Å². The molecule has 1 aromatic rings. The molecule has 0 N–H and O–H groups in total. The highest BCUT2D eigenvalue weighted by molar-refractivity contribution is 5.65. The second kappa shape index (κ2) is 2.94. The highest BCUT2D eigenvalue weighted by atomic mass is 16.5. The second-order valence-corrected chi connectivity index (χ2v) is 2.83. The van der Waals surface area contributed by atoms with Crippen LogP contribution in [0.4, 0.5) is 0 Å². The first kappa shape index (κ1) is 7.86. The molecule has 0 aromatic carbocycles. The third-order valence-electron chi connectivity index (χ3n) is 1.87. The number of aromatic nitrogens is 1. The van der Waals surface area contributed by atoms with Crippen molar-refractivity contribution in [3.05, 3.63) is 41.1 Å². The molecule has 1 aliphatic carbocycles. The lowest BCUT2D eigenvalue weighted by atomic mass is 10.1. The van der Waals surface area contributed by atoms with Crippen LogP contribution in [0.1, 0.15) is 11.3 Å². The van der Waals surface area contributed by atoms with Crippen molar-refractivity contribution in [2.75, 3.05) is 0 Å².